The van der Waals surface area contributed by atoms with Gasteiger partial charge in [0.25, 0.3) is 0 Å². The molecule has 0 aliphatic heterocycles. The third kappa shape index (κ3) is 6.42. The van der Waals surface area contributed by atoms with Crippen molar-refractivity contribution in [3.05, 3.63) is 18.2 Å². The fourth-order valence-electron chi connectivity index (χ4n) is 3.28. The fourth-order valence-corrected chi connectivity index (χ4v) is 3.28. The first-order valence-corrected chi connectivity index (χ1v) is 8.73. The van der Waals surface area contributed by atoms with Gasteiger partial charge in [-0.3, -0.25) is 15.1 Å². The van der Waals surface area contributed by atoms with Crippen LogP contribution < -0.4 is 11.1 Å². The molecule has 1 fully saturated rings. The van der Waals surface area contributed by atoms with Gasteiger partial charge in [0.05, 0.1) is 0 Å². The number of hydrogen-bond acceptors (Lipinski definition) is 3. The molecule has 1 atom stereocenters. The summed E-state index contributed by atoms with van der Waals surface area (Å²) in [5.41, 5.74) is 5.78. The summed E-state index contributed by atoms with van der Waals surface area (Å²) < 4.78 is 0. The van der Waals surface area contributed by atoms with Crippen molar-refractivity contribution in [2.75, 3.05) is 6.54 Å². The molecule has 2 rings (SSSR count). The summed E-state index contributed by atoms with van der Waals surface area (Å²) in [6.07, 6.45) is 12.2. The summed E-state index contributed by atoms with van der Waals surface area (Å²) in [6.45, 7) is 2.76. The molecule has 0 bridgehead atoms. The largest absolute Gasteiger partial charge is 0.370 e. The van der Waals surface area contributed by atoms with Crippen molar-refractivity contribution in [3.63, 3.8) is 0 Å². The van der Waals surface area contributed by atoms with E-state index in [-0.39, 0.29) is 11.9 Å². The molecule has 1 saturated carbocycles. The van der Waals surface area contributed by atoms with Crippen LogP contribution >= 0.6 is 0 Å². The number of H-pyrrole nitrogens is 1. The van der Waals surface area contributed by atoms with Gasteiger partial charge in [0.2, 0.25) is 5.91 Å². The third-order valence-corrected chi connectivity index (χ3v) is 4.64. The minimum Gasteiger partial charge on any atom is -0.370 e. The molecular weight excluding hydrogens is 290 g/mol. The first-order valence-electron chi connectivity index (χ1n) is 8.73. The molecule has 0 unspecified atom stereocenters. The minimum atomic E-state index is -0.0182. The number of aliphatic imine (C=N–C) groups is 1. The van der Waals surface area contributed by atoms with Crippen molar-refractivity contribution in [2.45, 2.75) is 58.3 Å². The van der Waals surface area contributed by atoms with Crippen LogP contribution in [0.4, 0.5) is 0 Å². The maximum atomic E-state index is 12.0. The van der Waals surface area contributed by atoms with Crippen LogP contribution in [0.3, 0.4) is 0 Å². The molecule has 6 nitrogen and oxygen atoms in total. The molecule has 1 aromatic rings. The van der Waals surface area contributed by atoms with E-state index in [9.17, 15) is 4.79 Å². The molecule has 0 aromatic carbocycles. The number of amides is 1. The summed E-state index contributed by atoms with van der Waals surface area (Å²) in [4.78, 5) is 23.4. The number of guanidine groups is 1. The number of hydrogen-bond donors (Lipinski definition) is 3. The smallest absolute Gasteiger partial charge is 0.226 e. The summed E-state index contributed by atoms with van der Waals surface area (Å²) in [5.74, 6) is 2.26. The zero-order chi connectivity index (χ0) is 16.5. The highest BCUT2D eigenvalue weighted by molar-refractivity contribution is 5.96. The van der Waals surface area contributed by atoms with Gasteiger partial charge in [-0.2, -0.15) is 0 Å². The van der Waals surface area contributed by atoms with Crippen LogP contribution in [-0.2, 0) is 11.2 Å². The molecule has 0 spiro atoms. The van der Waals surface area contributed by atoms with Crippen LogP contribution in [0, 0.1) is 11.8 Å². The van der Waals surface area contributed by atoms with E-state index in [1.165, 1.54) is 32.1 Å². The Bertz CT molecular complexity index is 491. The first-order chi connectivity index (χ1) is 11.1. The number of aryl methyl sites for hydroxylation is 1. The number of rotatable bonds is 7. The number of nitrogens with zero attached hydrogens (tertiary/aromatic N) is 2. The van der Waals surface area contributed by atoms with E-state index in [0.717, 1.165) is 18.7 Å². The highest BCUT2D eigenvalue weighted by atomic mass is 16.1. The topological polar surface area (TPSA) is 96.2 Å². The molecular formula is C17H29N5O. The summed E-state index contributed by atoms with van der Waals surface area (Å²) in [6, 6.07) is 0. The average molecular weight is 319 g/mol. The van der Waals surface area contributed by atoms with E-state index in [2.05, 4.69) is 27.2 Å². The number of aromatic amines is 1. The molecule has 128 valence electrons. The van der Waals surface area contributed by atoms with Crippen molar-refractivity contribution in [1.29, 1.82) is 0 Å². The number of nitrogens with one attached hydrogen (secondary N) is 2. The highest BCUT2D eigenvalue weighted by Gasteiger charge is 2.22. The van der Waals surface area contributed by atoms with Crippen LogP contribution in [0.1, 0.15) is 57.7 Å². The second kappa shape index (κ2) is 9.33. The number of imidazole rings is 1. The Hall–Kier alpha value is -1.85. The van der Waals surface area contributed by atoms with Gasteiger partial charge in [-0.25, -0.2) is 4.98 Å². The van der Waals surface area contributed by atoms with E-state index >= 15 is 0 Å². The lowest BCUT2D eigenvalue weighted by atomic mass is 9.79. The van der Waals surface area contributed by atoms with Gasteiger partial charge in [0.1, 0.15) is 5.82 Å². The van der Waals surface area contributed by atoms with Crippen LogP contribution in [0.15, 0.2) is 17.4 Å². The second-order valence-corrected chi connectivity index (χ2v) is 6.53. The van der Waals surface area contributed by atoms with E-state index in [1.807, 2.05) is 0 Å². The number of nitrogens with two attached hydrogens (primary N) is 1. The Balaban J connectivity index is 1.63. The summed E-state index contributed by atoms with van der Waals surface area (Å²) in [7, 11) is 0. The van der Waals surface area contributed by atoms with E-state index < -0.39 is 0 Å². The zero-order valence-electron chi connectivity index (χ0n) is 14.1. The van der Waals surface area contributed by atoms with Gasteiger partial charge >= 0.3 is 0 Å². The van der Waals surface area contributed by atoms with Crippen LogP contribution in [0.25, 0.3) is 0 Å². The number of carbonyl (C=O) groups is 1. The Kier molecular flexibility index (Phi) is 7.10. The SMILES string of the molecule is C[C@@H](CC(=O)NC(N)=NCCCc1ncc[nH]1)C1CCCCC1. The van der Waals surface area contributed by atoms with Gasteiger partial charge in [-0.05, 0) is 18.3 Å². The highest BCUT2D eigenvalue weighted by Crippen LogP contribution is 2.31. The van der Waals surface area contributed by atoms with Crippen LogP contribution in [-0.4, -0.2) is 28.4 Å². The minimum absolute atomic E-state index is 0.0182. The summed E-state index contributed by atoms with van der Waals surface area (Å²) in [5, 5.41) is 2.71. The van der Waals surface area contributed by atoms with Crippen molar-refractivity contribution in [3.8, 4) is 0 Å². The van der Waals surface area contributed by atoms with Crippen molar-refractivity contribution < 1.29 is 4.79 Å². The normalized spacial score (nSPS) is 17.9. The predicted molar refractivity (Wildman–Crippen MR) is 91.9 cm³/mol. The molecule has 1 aliphatic carbocycles. The van der Waals surface area contributed by atoms with Crippen molar-refractivity contribution >= 4 is 11.9 Å². The Morgan fingerprint density at radius 1 is 1.48 bits per heavy atom. The molecule has 0 radical (unpaired) electrons. The fraction of sp³-hybridized carbons (Fsp3) is 0.706. The molecule has 0 saturated heterocycles. The van der Waals surface area contributed by atoms with Crippen molar-refractivity contribution in [1.82, 2.24) is 15.3 Å². The number of carbonyl (C=O) groups excluding carboxylic acids is 1. The van der Waals surface area contributed by atoms with Gasteiger partial charge in [0, 0.05) is 31.8 Å². The van der Waals surface area contributed by atoms with Gasteiger partial charge in [-0.15, -0.1) is 0 Å². The average Bonchev–Trinajstić information content (AvgIpc) is 3.05. The summed E-state index contributed by atoms with van der Waals surface area (Å²) >= 11 is 0. The van der Waals surface area contributed by atoms with E-state index in [1.54, 1.807) is 12.4 Å². The van der Waals surface area contributed by atoms with Crippen LogP contribution in [0.2, 0.25) is 0 Å². The Labute approximate surface area is 138 Å². The standard InChI is InChI=1S/C17H29N5O/c1-13(14-6-3-2-4-7-14)12-16(23)22-17(18)21-9-5-8-15-19-10-11-20-15/h10-11,13-14H,2-9,12H2,1H3,(H,19,20)(H3,18,21,22,23)/t13-/m0/s1. The monoisotopic (exact) mass is 319 g/mol. The maximum absolute atomic E-state index is 12.0. The van der Waals surface area contributed by atoms with Crippen molar-refractivity contribution in [2.24, 2.45) is 22.6 Å². The Morgan fingerprint density at radius 2 is 2.26 bits per heavy atom. The van der Waals surface area contributed by atoms with Gasteiger partial charge < -0.3 is 10.7 Å². The molecule has 4 N–H and O–H groups in total. The molecule has 1 amide bonds. The predicted octanol–water partition coefficient (Wildman–Crippen LogP) is 2.38. The lowest BCUT2D eigenvalue weighted by Crippen LogP contribution is -2.38. The second-order valence-electron chi connectivity index (χ2n) is 6.53. The Morgan fingerprint density at radius 3 is 2.96 bits per heavy atom. The maximum Gasteiger partial charge on any atom is 0.226 e. The van der Waals surface area contributed by atoms with Crippen LogP contribution in [0.5, 0.6) is 0 Å². The molecule has 1 aliphatic rings. The molecule has 6 heteroatoms. The zero-order valence-corrected chi connectivity index (χ0v) is 14.1. The van der Waals surface area contributed by atoms with Gasteiger partial charge in [0.15, 0.2) is 5.96 Å². The van der Waals surface area contributed by atoms with E-state index in [4.69, 9.17) is 5.73 Å². The molecule has 23 heavy (non-hydrogen) atoms. The first kappa shape index (κ1) is 17.5. The van der Waals surface area contributed by atoms with Gasteiger partial charge in [-0.1, -0.05) is 39.0 Å². The molecule has 1 heterocycles. The molecule has 1 aromatic heterocycles. The number of aromatic nitrogens is 2. The quantitative estimate of drug-likeness (QED) is 0.409. The lowest BCUT2D eigenvalue weighted by Gasteiger charge is -2.27. The van der Waals surface area contributed by atoms with E-state index in [0.29, 0.717) is 24.8 Å². The lowest BCUT2D eigenvalue weighted by molar-refractivity contribution is -0.121. The third-order valence-electron chi connectivity index (χ3n) is 4.64.